The number of nitrogen functional groups attached to an aromatic ring is 1. The monoisotopic (exact) mass is 274 g/mol. The summed E-state index contributed by atoms with van der Waals surface area (Å²) in [7, 11) is 1.56. The maximum atomic E-state index is 11.5. The minimum atomic E-state index is -0.250. The molecule has 0 bridgehead atoms. The lowest BCUT2D eigenvalue weighted by atomic mass is 10.2. The van der Waals surface area contributed by atoms with Gasteiger partial charge in [-0.25, -0.2) is 4.68 Å². The van der Waals surface area contributed by atoms with Crippen LogP contribution in [0.15, 0.2) is 24.4 Å². The van der Waals surface area contributed by atoms with Crippen molar-refractivity contribution < 1.29 is 14.3 Å². The Kier molecular flexibility index (Phi) is 2.94. The number of ether oxygens (including phenoxy) is 2. The number of amides is 1. The molecule has 0 aliphatic carbocycles. The van der Waals surface area contributed by atoms with E-state index in [2.05, 4.69) is 10.4 Å². The summed E-state index contributed by atoms with van der Waals surface area (Å²) in [4.78, 5) is 11.5. The molecule has 0 unspecified atom stereocenters. The van der Waals surface area contributed by atoms with Gasteiger partial charge in [-0.05, 0) is 6.07 Å². The van der Waals surface area contributed by atoms with E-state index in [-0.39, 0.29) is 5.91 Å². The zero-order valence-electron chi connectivity index (χ0n) is 10.9. The van der Waals surface area contributed by atoms with Crippen molar-refractivity contribution >= 4 is 11.6 Å². The zero-order valence-corrected chi connectivity index (χ0v) is 10.9. The van der Waals surface area contributed by atoms with Gasteiger partial charge in [-0.15, -0.1) is 0 Å². The summed E-state index contributed by atoms with van der Waals surface area (Å²) in [6.45, 7) is 1.01. The molecule has 104 valence electrons. The third-order valence-corrected chi connectivity index (χ3v) is 2.99. The number of benzene rings is 1. The topological polar surface area (TPSA) is 91.4 Å². The van der Waals surface area contributed by atoms with Crippen LogP contribution in [0.25, 0.3) is 5.69 Å². The zero-order chi connectivity index (χ0) is 14.1. The molecule has 0 spiro atoms. The van der Waals surface area contributed by atoms with Crippen LogP contribution in [0.1, 0.15) is 10.5 Å². The summed E-state index contributed by atoms with van der Waals surface area (Å²) >= 11 is 0. The van der Waals surface area contributed by atoms with Crippen LogP contribution in [-0.2, 0) is 0 Å². The number of hydrogen-bond donors (Lipinski definition) is 2. The van der Waals surface area contributed by atoms with Crippen LogP contribution in [0.3, 0.4) is 0 Å². The number of carbonyl (C=O) groups excluding carboxylic acids is 1. The molecule has 0 atom stereocenters. The molecule has 7 nitrogen and oxygen atoms in total. The molecule has 3 rings (SSSR count). The van der Waals surface area contributed by atoms with Crippen LogP contribution in [0, 0.1) is 0 Å². The van der Waals surface area contributed by atoms with Crippen molar-refractivity contribution in [2.45, 2.75) is 0 Å². The first-order valence-corrected chi connectivity index (χ1v) is 6.16. The fourth-order valence-corrected chi connectivity index (χ4v) is 2.00. The Morgan fingerprint density at radius 3 is 2.75 bits per heavy atom. The normalized spacial score (nSPS) is 13.1. The number of carbonyl (C=O) groups is 1. The third kappa shape index (κ3) is 2.03. The predicted octanol–water partition coefficient (Wildman–Crippen LogP) is 0.585. The van der Waals surface area contributed by atoms with Gasteiger partial charge in [0.05, 0.1) is 11.4 Å². The van der Waals surface area contributed by atoms with E-state index in [9.17, 15) is 4.79 Å². The Balaban J connectivity index is 2.01. The van der Waals surface area contributed by atoms with Gasteiger partial charge < -0.3 is 20.5 Å². The van der Waals surface area contributed by atoms with E-state index in [4.69, 9.17) is 15.2 Å². The van der Waals surface area contributed by atoms with Crippen LogP contribution >= 0.6 is 0 Å². The Bertz CT molecular complexity index is 666. The first kappa shape index (κ1) is 12.3. The molecule has 0 radical (unpaired) electrons. The number of aromatic nitrogens is 2. The molecule has 1 aromatic carbocycles. The second kappa shape index (κ2) is 4.76. The number of hydrogen-bond acceptors (Lipinski definition) is 5. The maximum absolute atomic E-state index is 11.5. The average molecular weight is 274 g/mol. The van der Waals surface area contributed by atoms with Crippen LogP contribution < -0.4 is 20.5 Å². The van der Waals surface area contributed by atoms with Gasteiger partial charge in [-0.3, -0.25) is 4.79 Å². The molecule has 1 aromatic heterocycles. The second-order valence-corrected chi connectivity index (χ2v) is 4.28. The van der Waals surface area contributed by atoms with Crippen molar-refractivity contribution in [2.24, 2.45) is 0 Å². The molecule has 2 aromatic rings. The van der Waals surface area contributed by atoms with Gasteiger partial charge in [-0.1, -0.05) is 0 Å². The summed E-state index contributed by atoms with van der Waals surface area (Å²) in [5, 5.41) is 6.71. The van der Waals surface area contributed by atoms with Gasteiger partial charge in [0.1, 0.15) is 13.2 Å². The van der Waals surface area contributed by atoms with Crippen molar-refractivity contribution in [1.29, 1.82) is 0 Å². The summed E-state index contributed by atoms with van der Waals surface area (Å²) in [5.74, 6) is 0.994. The van der Waals surface area contributed by atoms with E-state index in [1.165, 1.54) is 4.68 Å². The third-order valence-electron chi connectivity index (χ3n) is 2.99. The number of nitrogens with one attached hydrogen (secondary N) is 1. The van der Waals surface area contributed by atoms with Crippen molar-refractivity contribution in [3.63, 3.8) is 0 Å². The molecule has 7 heteroatoms. The highest BCUT2D eigenvalue weighted by Gasteiger charge is 2.17. The van der Waals surface area contributed by atoms with Gasteiger partial charge in [0.2, 0.25) is 0 Å². The van der Waals surface area contributed by atoms with Crippen molar-refractivity contribution in [3.8, 4) is 17.2 Å². The number of anilines is 1. The summed E-state index contributed by atoms with van der Waals surface area (Å²) in [6, 6.07) is 5.07. The molecule has 1 aliphatic heterocycles. The van der Waals surface area contributed by atoms with E-state index in [0.29, 0.717) is 41.8 Å². The Labute approximate surface area is 115 Å². The number of fused-ring (bicyclic) bond motifs is 1. The average Bonchev–Trinajstić information content (AvgIpc) is 2.95. The number of nitrogens with two attached hydrogens (primary N) is 1. The number of rotatable bonds is 2. The van der Waals surface area contributed by atoms with Gasteiger partial charge in [0.25, 0.3) is 5.91 Å². The highest BCUT2D eigenvalue weighted by atomic mass is 16.6. The fourth-order valence-electron chi connectivity index (χ4n) is 2.00. The molecule has 0 fully saturated rings. The Hall–Kier alpha value is -2.70. The molecule has 1 aliphatic rings. The molecule has 0 saturated carbocycles. The Morgan fingerprint density at radius 1 is 1.35 bits per heavy atom. The van der Waals surface area contributed by atoms with Crippen LogP contribution in [0.2, 0.25) is 0 Å². The smallest absolute Gasteiger partial charge is 0.271 e. The second-order valence-electron chi connectivity index (χ2n) is 4.28. The molecule has 0 saturated heterocycles. The van der Waals surface area contributed by atoms with Gasteiger partial charge in [-0.2, -0.15) is 5.10 Å². The van der Waals surface area contributed by atoms with E-state index in [1.54, 1.807) is 31.4 Å². The van der Waals surface area contributed by atoms with Gasteiger partial charge in [0, 0.05) is 25.4 Å². The lowest BCUT2D eigenvalue weighted by molar-refractivity contribution is 0.0957. The van der Waals surface area contributed by atoms with E-state index in [1.807, 2.05) is 0 Å². The van der Waals surface area contributed by atoms with Gasteiger partial charge in [0.15, 0.2) is 17.2 Å². The number of nitrogens with zero attached hydrogens (tertiary/aromatic N) is 2. The summed E-state index contributed by atoms with van der Waals surface area (Å²) in [5.41, 5.74) is 7.46. The van der Waals surface area contributed by atoms with Crippen molar-refractivity contribution in [1.82, 2.24) is 15.1 Å². The molecular weight excluding hydrogens is 260 g/mol. The molecule has 20 heavy (non-hydrogen) atoms. The van der Waals surface area contributed by atoms with Crippen LogP contribution in [0.4, 0.5) is 5.69 Å². The van der Waals surface area contributed by atoms with E-state index < -0.39 is 0 Å². The Morgan fingerprint density at radius 2 is 2.05 bits per heavy atom. The predicted molar refractivity (Wildman–Crippen MR) is 72.4 cm³/mol. The fraction of sp³-hybridized carbons (Fsp3) is 0.231. The standard InChI is InChI=1S/C13H14N4O3/c1-15-13(18)9-2-3-17(16-9)10-7-12-11(6-8(10)14)19-4-5-20-12/h2-3,6-7H,4-5,14H2,1H3,(H,15,18). The molecular formula is C13H14N4O3. The van der Waals surface area contributed by atoms with E-state index >= 15 is 0 Å². The summed E-state index contributed by atoms with van der Waals surface area (Å²) < 4.78 is 12.5. The lowest BCUT2D eigenvalue weighted by Gasteiger charge is -2.20. The van der Waals surface area contributed by atoms with Crippen LogP contribution in [-0.4, -0.2) is 35.9 Å². The largest absolute Gasteiger partial charge is 0.486 e. The van der Waals surface area contributed by atoms with Crippen LogP contribution in [0.5, 0.6) is 11.5 Å². The first-order valence-electron chi connectivity index (χ1n) is 6.16. The van der Waals surface area contributed by atoms with Crippen molar-refractivity contribution in [3.05, 3.63) is 30.1 Å². The molecule has 3 N–H and O–H groups in total. The highest BCUT2D eigenvalue weighted by Crippen LogP contribution is 2.35. The lowest BCUT2D eigenvalue weighted by Crippen LogP contribution is -2.19. The minimum Gasteiger partial charge on any atom is -0.486 e. The highest BCUT2D eigenvalue weighted by molar-refractivity contribution is 5.92. The summed E-state index contributed by atoms with van der Waals surface area (Å²) in [6.07, 6.45) is 1.67. The van der Waals surface area contributed by atoms with E-state index in [0.717, 1.165) is 0 Å². The quantitative estimate of drug-likeness (QED) is 0.782. The first-order chi connectivity index (χ1) is 9.69. The minimum absolute atomic E-state index is 0.250. The molecule has 2 heterocycles. The van der Waals surface area contributed by atoms with Crippen molar-refractivity contribution in [2.75, 3.05) is 26.0 Å². The van der Waals surface area contributed by atoms with Gasteiger partial charge >= 0.3 is 0 Å². The SMILES string of the molecule is CNC(=O)c1ccn(-c2cc3c(cc2N)OCCO3)n1. The maximum Gasteiger partial charge on any atom is 0.271 e. The molecule has 1 amide bonds.